The number of piperazine rings is 1. The number of anilines is 3. The van der Waals surface area contributed by atoms with Gasteiger partial charge in [0.15, 0.2) is 28.0 Å². The fraction of sp³-hybridized carbons (Fsp3) is 0.700. The lowest BCUT2D eigenvalue weighted by Crippen LogP contribution is -2.44. The van der Waals surface area contributed by atoms with Gasteiger partial charge in [0.05, 0.1) is 12.1 Å². The molecule has 5 rings (SSSR count). The number of halogens is 1. The van der Waals surface area contributed by atoms with Gasteiger partial charge >= 0.3 is 0 Å². The van der Waals surface area contributed by atoms with Gasteiger partial charge in [-0.3, -0.25) is 0 Å². The summed E-state index contributed by atoms with van der Waals surface area (Å²) in [5.74, 6) is 2.02. The molecule has 2 aromatic heterocycles. The second-order valence-corrected chi connectivity index (χ2v) is 8.94. The van der Waals surface area contributed by atoms with Crippen molar-refractivity contribution in [1.82, 2.24) is 25.3 Å². The number of aliphatic hydroxyl groups is 1. The molecule has 0 radical (unpaired) electrons. The molecule has 0 amide bonds. The van der Waals surface area contributed by atoms with E-state index in [1.807, 2.05) is 0 Å². The molecule has 2 saturated heterocycles. The van der Waals surface area contributed by atoms with E-state index >= 15 is 0 Å². The first-order chi connectivity index (χ1) is 14.7. The first-order valence-electron chi connectivity index (χ1n) is 11.0. The fourth-order valence-corrected chi connectivity index (χ4v) is 4.94. The standard InChI is InChI=1S/C20H29ClN8O/c21-15-17(27-20(13-30)5-1-2-6-20)24-16-14(23-15)18(28-9-3-4-10-28)26-19(25-16)29-11-7-22-8-12-29/h22,30H,1-13H2,(H,24,25,26,27). The zero-order valence-corrected chi connectivity index (χ0v) is 18.0. The van der Waals surface area contributed by atoms with E-state index in [1.165, 1.54) is 0 Å². The van der Waals surface area contributed by atoms with Crippen LogP contribution in [0.1, 0.15) is 38.5 Å². The number of nitrogens with zero attached hydrogens (tertiary/aromatic N) is 6. The number of hydrogen-bond acceptors (Lipinski definition) is 9. The second kappa shape index (κ2) is 8.28. The Bertz CT molecular complexity index is 907. The minimum absolute atomic E-state index is 0.0534. The lowest BCUT2D eigenvalue weighted by molar-refractivity contribution is 0.214. The van der Waals surface area contributed by atoms with Gasteiger partial charge in [0.1, 0.15) is 0 Å². The largest absolute Gasteiger partial charge is 0.394 e. The third kappa shape index (κ3) is 3.74. The minimum Gasteiger partial charge on any atom is -0.394 e. The van der Waals surface area contributed by atoms with Gasteiger partial charge in [0.2, 0.25) is 5.95 Å². The summed E-state index contributed by atoms with van der Waals surface area (Å²) in [5, 5.41) is 17.1. The third-order valence-electron chi connectivity index (χ3n) is 6.51. The van der Waals surface area contributed by atoms with Crippen molar-refractivity contribution in [1.29, 1.82) is 0 Å². The highest BCUT2D eigenvalue weighted by Gasteiger charge is 2.34. The van der Waals surface area contributed by atoms with Gasteiger partial charge < -0.3 is 25.5 Å². The van der Waals surface area contributed by atoms with Crippen LogP contribution in [-0.2, 0) is 0 Å². The molecule has 3 N–H and O–H groups in total. The topological polar surface area (TPSA) is 102 Å². The maximum atomic E-state index is 9.99. The van der Waals surface area contributed by atoms with Crippen LogP contribution in [0.25, 0.3) is 11.2 Å². The number of hydrogen-bond donors (Lipinski definition) is 3. The minimum atomic E-state index is -0.377. The summed E-state index contributed by atoms with van der Waals surface area (Å²) in [5.41, 5.74) is 0.826. The molecule has 2 aromatic rings. The fourth-order valence-electron chi connectivity index (χ4n) is 4.76. The molecular weight excluding hydrogens is 404 g/mol. The van der Waals surface area contributed by atoms with Crippen molar-refractivity contribution in [3.8, 4) is 0 Å². The molecule has 0 spiro atoms. The van der Waals surface area contributed by atoms with Crippen molar-refractivity contribution in [2.75, 3.05) is 61.0 Å². The average molecular weight is 433 g/mol. The number of fused-ring (bicyclic) bond motifs is 1. The summed E-state index contributed by atoms with van der Waals surface area (Å²) < 4.78 is 0. The van der Waals surface area contributed by atoms with Crippen molar-refractivity contribution in [2.45, 2.75) is 44.1 Å². The Morgan fingerprint density at radius 3 is 2.37 bits per heavy atom. The Morgan fingerprint density at radius 1 is 0.933 bits per heavy atom. The Hall–Kier alpha value is -1.97. The van der Waals surface area contributed by atoms with Gasteiger partial charge in [-0.05, 0) is 25.7 Å². The lowest BCUT2D eigenvalue weighted by atomic mass is 9.99. The van der Waals surface area contributed by atoms with E-state index in [0.717, 1.165) is 83.6 Å². The van der Waals surface area contributed by atoms with Crippen LogP contribution in [0.15, 0.2) is 0 Å². The van der Waals surface area contributed by atoms with Crippen molar-refractivity contribution in [2.24, 2.45) is 0 Å². The van der Waals surface area contributed by atoms with Crippen LogP contribution in [0.2, 0.25) is 5.15 Å². The van der Waals surface area contributed by atoms with Gasteiger partial charge in [-0.1, -0.05) is 24.4 Å². The Morgan fingerprint density at radius 2 is 1.67 bits per heavy atom. The van der Waals surface area contributed by atoms with Crippen molar-refractivity contribution < 1.29 is 5.11 Å². The van der Waals surface area contributed by atoms with E-state index in [9.17, 15) is 5.11 Å². The molecule has 3 aliphatic rings. The molecule has 1 saturated carbocycles. The second-order valence-electron chi connectivity index (χ2n) is 8.58. The third-order valence-corrected chi connectivity index (χ3v) is 6.77. The van der Waals surface area contributed by atoms with Gasteiger partial charge in [0.25, 0.3) is 0 Å². The van der Waals surface area contributed by atoms with Gasteiger partial charge in [-0.15, -0.1) is 0 Å². The zero-order chi connectivity index (χ0) is 20.6. The van der Waals surface area contributed by atoms with Crippen LogP contribution >= 0.6 is 11.6 Å². The molecule has 0 atom stereocenters. The van der Waals surface area contributed by atoms with E-state index in [2.05, 4.69) is 25.4 Å². The smallest absolute Gasteiger partial charge is 0.229 e. The van der Waals surface area contributed by atoms with Crippen molar-refractivity contribution >= 4 is 40.3 Å². The maximum absolute atomic E-state index is 9.99. The number of rotatable bonds is 5. The van der Waals surface area contributed by atoms with Crippen molar-refractivity contribution in [3.05, 3.63) is 5.15 Å². The maximum Gasteiger partial charge on any atom is 0.229 e. The first-order valence-corrected chi connectivity index (χ1v) is 11.4. The summed E-state index contributed by atoms with van der Waals surface area (Å²) in [4.78, 5) is 23.6. The monoisotopic (exact) mass is 432 g/mol. The molecule has 30 heavy (non-hydrogen) atoms. The van der Waals surface area contributed by atoms with Crippen LogP contribution in [-0.4, -0.2) is 76.5 Å². The predicted octanol–water partition coefficient (Wildman–Crippen LogP) is 1.80. The quantitative estimate of drug-likeness (QED) is 0.652. The number of nitrogens with one attached hydrogen (secondary N) is 2. The average Bonchev–Trinajstić information content (AvgIpc) is 3.47. The molecule has 10 heteroatoms. The molecule has 3 fully saturated rings. The highest BCUT2D eigenvalue weighted by molar-refractivity contribution is 6.32. The zero-order valence-electron chi connectivity index (χ0n) is 17.2. The number of aliphatic hydroxyl groups excluding tert-OH is 1. The van der Waals surface area contributed by atoms with E-state index in [4.69, 9.17) is 26.6 Å². The highest BCUT2D eigenvalue weighted by Crippen LogP contribution is 2.35. The Kier molecular flexibility index (Phi) is 5.51. The summed E-state index contributed by atoms with van der Waals surface area (Å²) in [6.45, 7) is 5.53. The van der Waals surface area contributed by atoms with E-state index in [0.29, 0.717) is 28.1 Å². The Labute approximate surface area is 181 Å². The van der Waals surface area contributed by atoms with E-state index in [1.54, 1.807) is 0 Å². The van der Waals surface area contributed by atoms with Gasteiger partial charge in [-0.2, -0.15) is 9.97 Å². The summed E-state index contributed by atoms with van der Waals surface area (Å²) in [6.07, 6.45) is 6.26. The molecule has 0 aromatic carbocycles. The van der Waals surface area contributed by atoms with E-state index < -0.39 is 0 Å². The summed E-state index contributed by atoms with van der Waals surface area (Å²) >= 11 is 6.56. The molecule has 9 nitrogen and oxygen atoms in total. The highest BCUT2D eigenvalue weighted by atomic mass is 35.5. The molecule has 0 unspecified atom stereocenters. The summed E-state index contributed by atoms with van der Waals surface area (Å²) in [6, 6.07) is 0. The molecule has 0 bridgehead atoms. The molecule has 2 aliphatic heterocycles. The number of aromatic nitrogens is 4. The molecular formula is C20H29ClN8O. The molecule has 162 valence electrons. The lowest BCUT2D eigenvalue weighted by Gasteiger charge is -2.30. The molecule has 4 heterocycles. The van der Waals surface area contributed by atoms with Crippen LogP contribution < -0.4 is 20.4 Å². The van der Waals surface area contributed by atoms with Crippen LogP contribution in [0.5, 0.6) is 0 Å². The Balaban J connectivity index is 1.58. The van der Waals surface area contributed by atoms with Gasteiger partial charge in [0, 0.05) is 39.3 Å². The van der Waals surface area contributed by atoms with Gasteiger partial charge in [-0.25, -0.2) is 9.97 Å². The SMILES string of the molecule is OCC1(Nc2nc3nc(N4CCNCC4)nc(N4CCCC4)c3nc2Cl)CCCC1. The normalized spacial score (nSPS) is 21.5. The predicted molar refractivity (Wildman–Crippen MR) is 119 cm³/mol. The van der Waals surface area contributed by atoms with Crippen LogP contribution in [0.3, 0.4) is 0 Å². The first kappa shape index (κ1) is 20.0. The summed E-state index contributed by atoms with van der Waals surface area (Å²) in [7, 11) is 0. The van der Waals surface area contributed by atoms with Crippen LogP contribution in [0.4, 0.5) is 17.6 Å². The van der Waals surface area contributed by atoms with Crippen molar-refractivity contribution in [3.63, 3.8) is 0 Å². The molecule has 1 aliphatic carbocycles. The van der Waals surface area contributed by atoms with E-state index in [-0.39, 0.29) is 12.1 Å². The van der Waals surface area contributed by atoms with Crippen LogP contribution in [0, 0.1) is 0 Å².